The van der Waals surface area contributed by atoms with E-state index in [0.717, 1.165) is 5.69 Å². The highest BCUT2D eigenvalue weighted by molar-refractivity contribution is 7.98. The number of nitrogens with zero attached hydrogens (tertiary/aromatic N) is 1. The number of hydrogen-bond acceptors (Lipinski definition) is 6. The third-order valence-corrected chi connectivity index (χ3v) is 7.91. The van der Waals surface area contributed by atoms with E-state index >= 15 is 0 Å². The van der Waals surface area contributed by atoms with Gasteiger partial charge in [-0.2, -0.15) is 0 Å². The lowest BCUT2D eigenvalue weighted by Gasteiger charge is -2.23. The van der Waals surface area contributed by atoms with Gasteiger partial charge in [-0.3, -0.25) is 4.79 Å². The number of H-pyrrole nitrogens is 1. The van der Waals surface area contributed by atoms with Crippen molar-refractivity contribution in [2.45, 2.75) is 53.8 Å². The molecular formula is C20H27N3O3S2. The van der Waals surface area contributed by atoms with Gasteiger partial charge < -0.3 is 10.3 Å². The molecule has 1 saturated heterocycles. The number of sulfone groups is 1. The minimum Gasteiger partial charge on any atom is -0.317 e. The summed E-state index contributed by atoms with van der Waals surface area (Å²) in [6.45, 7) is 2.50. The van der Waals surface area contributed by atoms with Crippen LogP contribution in [0.1, 0.15) is 36.9 Å². The first kappa shape index (κ1) is 21.1. The number of aryl methyl sites for hydroxylation is 1. The van der Waals surface area contributed by atoms with E-state index in [4.69, 9.17) is 0 Å². The number of thioether (sulfide) groups is 1. The second-order valence-corrected chi connectivity index (χ2v) is 10.1. The summed E-state index contributed by atoms with van der Waals surface area (Å²) in [4.78, 5) is 19.6. The second-order valence-electron chi connectivity index (χ2n) is 7.03. The van der Waals surface area contributed by atoms with Gasteiger partial charge in [0.1, 0.15) is 0 Å². The van der Waals surface area contributed by atoms with E-state index in [1.807, 2.05) is 6.26 Å². The van der Waals surface area contributed by atoms with Crippen LogP contribution < -0.4 is 10.9 Å². The molecule has 1 fully saturated rings. The SMILES string of the molecule is C1CCNCC1.CSc1nc2c(c(=O)[nH]1)CC(S(=O)(=O)c1ccccc1)CC2. The van der Waals surface area contributed by atoms with Gasteiger partial charge in [-0.15, -0.1) is 0 Å². The van der Waals surface area contributed by atoms with Crippen LogP contribution in [0, 0.1) is 0 Å². The number of piperidine rings is 1. The fourth-order valence-corrected chi connectivity index (χ4v) is 5.66. The predicted octanol–water partition coefficient (Wildman–Crippen LogP) is 2.58. The fraction of sp³-hybridized carbons (Fsp3) is 0.500. The van der Waals surface area contributed by atoms with Crippen molar-refractivity contribution in [3.8, 4) is 0 Å². The molecule has 2 N–H and O–H groups in total. The lowest BCUT2D eigenvalue weighted by molar-refractivity contribution is 0.520. The van der Waals surface area contributed by atoms with Crippen LogP contribution in [0.5, 0.6) is 0 Å². The Morgan fingerprint density at radius 1 is 1.11 bits per heavy atom. The normalized spacial score (nSPS) is 19.2. The molecule has 0 spiro atoms. The molecule has 6 nitrogen and oxygen atoms in total. The van der Waals surface area contributed by atoms with E-state index in [0.29, 0.717) is 28.5 Å². The Morgan fingerprint density at radius 2 is 1.82 bits per heavy atom. The topological polar surface area (TPSA) is 91.9 Å². The highest BCUT2D eigenvalue weighted by Gasteiger charge is 2.33. The van der Waals surface area contributed by atoms with Gasteiger partial charge in [0.15, 0.2) is 15.0 Å². The molecule has 0 amide bonds. The molecule has 2 aliphatic rings. The number of nitrogens with one attached hydrogen (secondary N) is 2. The minimum atomic E-state index is -3.42. The van der Waals surface area contributed by atoms with Crippen LogP contribution in [-0.2, 0) is 22.7 Å². The molecule has 0 radical (unpaired) electrons. The number of benzene rings is 1. The Bertz CT molecular complexity index is 927. The molecule has 2 aromatic rings. The average molecular weight is 422 g/mol. The molecule has 0 bridgehead atoms. The molecule has 1 unspecified atom stereocenters. The van der Waals surface area contributed by atoms with Gasteiger partial charge in [0.05, 0.1) is 15.8 Å². The van der Waals surface area contributed by atoms with Gasteiger partial charge in [-0.1, -0.05) is 36.4 Å². The largest absolute Gasteiger partial charge is 0.317 e. The van der Waals surface area contributed by atoms with Crippen LogP contribution >= 0.6 is 11.8 Å². The zero-order valence-corrected chi connectivity index (χ0v) is 17.7. The number of fused-ring (bicyclic) bond motifs is 1. The summed E-state index contributed by atoms with van der Waals surface area (Å²) in [7, 11) is -3.42. The molecule has 8 heteroatoms. The average Bonchev–Trinajstić information content (AvgIpc) is 2.75. The lowest BCUT2D eigenvalue weighted by atomic mass is 9.97. The summed E-state index contributed by atoms with van der Waals surface area (Å²) in [5.41, 5.74) is 1.02. The van der Waals surface area contributed by atoms with E-state index in [1.54, 1.807) is 30.3 Å². The van der Waals surface area contributed by atoms with E-state index in [2.05, 4.69) is 15.3 Å². The highest BCUT2D eigenvalue weighted by atomic mass is 32.2. The monoisotopic (exact) mass is 421 g/mol. The van der Waals surface area contributed by atoms with Crippen LogP contribution in [0.15, 0.2) is 45.2 Å². The third kappa shape index (κ3) is 5.04. The fourth-order valence-electron chi connectivity index (χ4n) is 3.53. The van der Waals surface area contributed by atoms with E-state index in [1.165, 1.54) is 44.1 Å². The summed E-state index contributed by atoms with van der Waals surface area (Å²) in [5.74, 6) is 0. The molecule has 152 valence electrons. The number of rotatable bonds is 3. The molecular weight excluding hydrogens is 394 g/mol. The van der Waals surface area contributed by atoms with Crippen molar-refractivity contribution in [1.29, 1.82) is 0 Å². The van der Waals surface area contributed by atoms with Crippen molar-refractivity contribution < 1.29 is 8.42 Å². The Hall–Kier alpha value is -1.64. The molecule has 1 aliphatic carbocycles. The Balaban J connectivity index is 0.000000320. The quantitative estimate of drug-likeness (QED) is 0.585. The van der Waals surface area contributed by atoms with Crippen molar-refractivity contribution in [2.75, 3.05) is 19.3 Å². The standard InChI is InChI=1S/C15H16N2O3S2.C5H11N/c1-21-15-16-13-8-7-11(9-12(13)14(18)17-15)22(19,20)10-5-3-2-4-6-10;1-2-4-6-5-3-1/h2-6,11H,7-9H2,1H3,(H,16,17,18);6H,1-5H2. The summed E-state index contributed by atoms with van der Waals surface area (Å²) in [6.07, 6.45) is 7.30. The Morgan fingerprint density at radius 3 is 2.39 bits per heavy atom. The lowest BCUT2D eigenvalue weighted by Crippen LogP contribution is -2.33. The van der Waals surface area contributed by atoms with Gasteiger partial charge in [-0.05, 0) is 63.6 Å². The molecule has 1 aromatic carbocycles. The van der Waals surface area contributed by atoms with Crippen molar-refractivity contribution >= 4 is 21.6 Å². The first-order chi connectivity index (χ1) is 13.5. The van der Waals surface area contributed by atoms with Crippen molar-refractivity contribution in [3.63, 3.8) is 0 Å². The van der Waals surface area contributed by atoms with E-state index in [9.17, 15) is 13.2 Å². The van der Waals surface area contributed by atoms with Gasteiger partial charge >= 0.3 is 0 Å². The molecule has 0 saturated carbocycles. The molecule has 1 aliphatic heterocycles. The van der Waals surface area contributed by atoms with Crippen LogP contribution in [0.2, 0.25) is 0 Å². The molecule has 4 rings (SSSR count). The first-order valence-corrected chi connectivity index (χ1v) is 12.4. The second kappa shape index (κ2) is 9.71. The summed E-state index contributed by atoms with van der Waals surface area (Å²) < 4.78 is 25.4. The maximum atomic E-state index is 12.7. The van der Waals surface area contributed by atoms with Gasteiger partial charge in [0.2, 0.25) is 0 Å². The van der Waals surface area contributed by atoms with Gasteiger partial charge in [0.25, 0.3) is 5.56 Å². The Kier molecular flexibility index (Phi) is 7.31. The predicted molar refractivity (Wildman–Crippen MR) is 113 cm³/mol. The molecule has 1 atom stereocenters. The zero-order valence-electron chi connectivity index (χ0n) is 16.1. The first-order valence-electron chi connectivity index (χ1n) is 9.68. The van der Waals surface area contributed by atoms with Crippen LogP contribution in [0.4, 0.5) is 0 Å². The zero-order chi connectivity index (χ0) is 20.0. The number of aromatic amines is 1. The van der Waals surface area contributed by atoms with E-state index < -0.39 is 15.1 Å². The molecule has 28 heavy (non-hydrogen) atoms. The van der Waals surface area contributed by atoms with Crippen LogP contribution in [0.25, 0.3) is 0 Å². The highest BCUT2D eigenvalue weighted by Crippen LogP contribution is 2.27. The van der Waals surface area contributed by atoms with Gasteiger partial charge in [0, 0.05) is 5.56 Å². The summed E-state index contributed by atoms with van der Waals surface area (Å²) >= 11 is 1.37. The van der Waals surface area contributed by atoms with Crippen molar-refractivity contribution in [3.05, 3.63) is 51.9 Å². The Labute approximate surface area is 170 Å². The third-order valence-electron chi connectivity index (χ3n) is 5.13. The maximum absolute atomic E-state index is 12.7. The van der Waals surface area contributed by atoms with Crippen LogP contribution in [0.3, 0.4) is 0 Å². The maximum Gasteiger partial charge on any atom is 0.255 e. The van der Waals surface area contributed by atoms with Gasteiger partial charge in [-0.25, -0.2) is 13.4 Å². The van der Waals surface area contributed by atoms with E-state index in [-0.39, 0.29) is 12.0 Å². The summed E-state index contributed by atoms with van der Waals surface area (Å²) in [6, 6.07) is 8.41. The minimum absolute atomic E-state index is 0.220. The van der Waals surface area contributed by atoms with Crippen molar-refractivity contribution in [2.24, 2.45) is 0 Å². The smallest absolute Gasteiger partial charge is 0.255 e. The number of hydrogen-bond donors (Lipinski definition) is 2. The van der Waals surface area contributed by atoms with Crippen molar-refractivity contribution in [1.82, 2.24) is 15.3 Å². The van der Waals surface area contributed by atoms with Crippen LogP contribution in [-0.4, -0.2) is 43.0 Å². The summed E-state index contributed by atoms with van der Waals surface area (Å²) in [5, 5.41) is 3.30. The molecule has 1 aromatic heterocycles. The number of aromatic nitrogens is 2. The molecule has 2 heterocycles.